The summed E-state index contributed by atoms with van der Waals surface area (Å²) in [5.74, 6) is 0.679. The summed E-state index contributed by atoms with van der Waals surface area (Å²) in [6, 6.07) is 12.2. The van der Waals surface area contributed by atoms with Gasteiger partial charge in [-0.3, -0.25) is 4.79 Å². The number of halogens is 1. The number of carbonyl (C=O) groups excluding carboxylic acids is 1. The zero-order valence-electron chi connectivity index (χ0n) is 14.6. The predicted octanol–water partition coefficient (Wildman–Crippen LogP) is 2.85. The number of fused-ring (bicyclic) bond motifs is 1. The van der Waals surface area contributed by atoms with Gasteiger partial charge in [-0.05, 0) is 29.8 Å². The Labute approximate surface area is 150 Å². The van der Waals surface area contributed by atoms with Gasteiger partial charge in [0.2, 0.25) is 0 Å². The monoisotopic (exact) mass is 354 g/mol. The maximum Gasteiger partial charge on any atom is 0.259 e. The van der Waals surface area contributed by atoms with Crippen LogP contribution >= 0.6 is 0 Å². The highest BCUT2D eigenvalue weighted by Crippen LogP contribution is 2.22. The fourth-order valence-corrected chi connectivity index (χ4v) is 2.40. The van der Waals surface area contributed by atoms with Crippen LogP contribution in [0.3, 0.4) is 0 Å². The van der Waals surface area contributed by atoms with Crippen molar-refractivity contribution in [3.63, 3.8) is 0 Å². The number of hydrogen-bond donors (Lipinski definition) is 1. The van der Waals surface area contributed by atoms with E-state index in [2.05, 4.69) is 15.3 Å². The fraction of sp³-hybridized carbons (Fsp3) is 0.211. The van der Waals surface area contributed by atoms with E-state index in [0.717, 1.165) is 5.56 Å². The van der Waals surface area contributed by atoms with Crippen molar-refractivity contribution in [2.75, 3.05) is 26.0 Å². The van der Waals surface area contributed by atoms with Gasteiger partial charge in [0.25, 0.3) is 5.91 Å². The maximum absolute atomic E-state index is 13.8. The Morgan fingerprint density at radius 3 is 2.81 bits per heavy atom. The van der Waals surface area contributed by atoms with Crippen molar-refractivity contribution in [3.8, 4) is 5.75 Å². The predicted molar refractivity (Wildman–Crippen MR) is 97.5 cm³/mol. The van der Waals surface area contributed by atoms with Crippen LogP contribution in [0, 0.1) is 5.82 Å². The second-order valence-electron chi connectivity index (χ2n) is 5.94. The summed E-state index contributed by atoms with van der Waals surface area (Å²) in [5, 5.41) is 3.81. The highest BCUT2D eigenvalue weighted by Gasteiger charge is 2.08. The molecular weight excluding hydrogens is 335 g/mol. The Morgan fingerprint density at radius 2 is 2.00 bits per heavy atom. The number of hydrogen-bond acceptors (Lipinski definition) is 5. The van der Waals surface area contributed by atoms with E-state index >= 15 is 0 Å². The summed E-state index contributed by atoms with van der Waals surface area (Å²) >= 11 is 0. The van der Waals surface area contributed by atoms with Gasteiger partial charge < -0.3 is 15.0 Å². The fourth-order valence-electron chi connectivity index (χ4n) is 2.40. The molecule has 3 rings (SSSR count). The Bertz CT molecular complexity index is 930. The number of rotatable bonds is 6. The van der Waals surface area contributed by atoms with Crippen LogP contribution in [0.15, 0.2) is 48.8 Å². The highest BCUT2D eigenvalue weighted by atomic mass is 19.1. The van der Waals surface area contributed by atoms with Gasteiger partial charge in [-0.15, -0.1) is 0 Å². The number of likely N-dealkylation sites (N-methyl/N-ethyl adjacent to an activating group) is 1. The Hall–Kier alpha value is -3.22. The molecule has 1 aromatic heterocycles. The molecule has 2 aromatic carbocycles. The lowest BCUT2D eigenvalue weighted by Gasteiger charge is -2.12. The van der Waals surface area contributed by atoms with Crippen molar-refractivity contribution in [1.29, 1.82) is 0 Å². The summed E-state index contributed by atoms with van der Waals surface area (Å²) in [5.41, 5.74) is 1.23. The molecule has 0 unspecified atom stereocenters. The SMILES string of the molecule is CN(C)C(=O)COc1cccc(CNc2ncnc3c(F)cccc23)c1. The molecule has 134 valence electrons. The van der Waals surface area contributed by atoms with E-state index < -0.39 is 0 Å². The van der Waals surface area contributed by atoms with Gasteiger partial charge in [0.1, 0.15) is 29.2 Å². The first kappa shape index (κ1) is 17.6. The summed E-state index contributed by atoms with van der Waals surface area (Å²) in [7, 11) is 3.36. The van der Waals surface area contributed by atoms with E-state index in [1.807, 2.05) is 18.2 Å². The third-order valence-corrected chi connectivity index (χ3v) is 3.84. The molecule has 1 N–H and O–H groups in total. The van der Waals surface area contributed by atoms with Crippen LogP contribution in [-0.2, 0) is 11.3 Å². The first-order chi connectivity index (χ1) is 12.5. The molecule has 26 heavy (non-hydrogen) atoms. The first-order valence-electron chi connectivity index (χ1n) is 8.09. The smallest absolute Gasteiger partial charge is 0.259 e. The Morgan fingerprint density at radius 1 is 1.19 bits per heavy atom. The van der Waals surface area contributed by atoms with Crippen LogP contribution in [-0.4, -0.2) is 41.5 Å². The van der Waals surface area contributed by atoms with Crippen LogP contribution in [0.25, 0.3) is 10.9 Å². The number of para-hydroxylation sites is 1. The molecule has 0 radical (unpaired) electrons. The van der Waals surface area contributed by atoms with E-state index in [4.69, 9.17) is 4.74 Å². The summed E-state index contributed by atoms with van der Waals surface area (Å²) in [6.07, 6.45) is 1.33. The number of nitrogens with zero attached hydrogens (tertiary/aromatic N) is 3. The minimum atomic E-state index is -0.381. The van der Waals surface area contributed by atoms with Crippen molar-refractivity contribution in [2.24, 2.45) is 0 Å². The lowest BCUT2D eigenvalue weighted by molar-refractivity contribution is -0.130. The van der Waals surface area contributed by atoms with Gasteiger partial charge in [-0.1, -0.05) is 18.2 Å². The minimum absolute atomic E-state index is 0.0142. The molecule has 1 heterocycles. The van der Waals surface area contributed by atoms with Crippen LogP contribution in [0.2, 0.25) is 0 Å². The second-order valence-corrected chi connectivity index (χ2v) is 5.94. The number of benzene rings is 2. The van der Waals surface area contributed by atoms with Crippen molar-refractivity contribution in [2.45, 2.75) is 6.54 Å². The van der Waals surface area contributed by atoms with Gasteiger partial charge in [-0.25, -0.2) is 14.4 Å². The van der Waals surface area contributed by atoms with Crippen LogP contribution in [0.1, 0.15) is 5.56 Å². The summed E-state index contributed by atoms with van der Waals surface area (Å²) < 4.78 is 19.3. The molecule has 1 amide bonds. The third-order valence-electron chi connectivity index (χ3n) is 3.84. The average Bonchev–Trinajstić information content (AvgIpc) is 2.65. The second kappa shape index (κ2) is 7.77. The quantitative estimate of drug-likeness (QED) is 0.737. The standard InChI is InChI=1S/C19H19FN4O2/c1-24(2)17(25)11-26-14-6-3-5-13(9-14)10-21-19-15-7-4-8-16(20)18(15)22-12-23-19/h3-9,12H,10-11H2,1-2H3,(H,21,22,23). The zero-order chi connectivity index (χ0) is 18.5. The largest absolute Gasteiger partial charge is 0.484 e. The van der Waals surface area contributed by atoms with Crippen molar-refractivity contribution < 1.29 is 13.9 Å². The van der Waals surface area contributed by atoms with Gasteiger partial charge >= 0.3 is 0 Å². The molecular formula is C19H19FN4O2. The number of anilines is 1. The lowest BCUT2D eigenvalue weighted by Crippen LogP contribution is -2.27. The number of carbonyl (C=O) groups is 1. The van der Waals surface area contributed by atoms with E-state index in [-0.39, 0.29) is 23.8 Å². The van der Waals surface area contributed by atoms with Crippen LogP contribution < -0.4 is 10.1 Å². The molecule has 0 fully saturated rings. The van der Waals surface area contributed by atoms with Gasteiger partial charge in [0.05, 0.1) is 0 Å². The highest BCUT2D eigenvalue weighted by molar-refractivity contribution is 5.89. The molecule has 0 saturated carbocycles. The summed E-state index contributed by atoms with van der Waals surface area (Å²) in [6.45, 7) is 0.459. The molecule has 0 aliphatic heterocycles. The first-order valence-corrected chi connectivity index (χ1v) is 8.09. The molecule has 7 heteroatoms. The topological polar surface area (TPSA) is 67.3 Å². The number of aromatic nitrogens is 2. The van der Waals surface area contributed by atoms with Crippen LogP contribution in [0.4, 0.5) is 10.2 Å². The van der Waals surface area contributed by atoms with E-state index in [9.17, 15) is 9.18 Å². The Balaban J connectivity index is 1.70. The molecule has 0 saturated heterocycles. The van der Waals surface area contributed by atoms with E-state index in [1.54, 1.807) is 32.3 Å². The Kier molecular flexibility index (Phi) is 5.26. The van der Waals surface area contributed by atoms with Gasteiger partial charge in [0.15, 0.2) is 6.61 Å². The van der Waals surface area contributed by atoms with E-state index in [0.29, 0.717) is 23.5 Å². The summed E-state index contributed by atoms with van der Waals surface area (Å²) in [4.78, 5) is 21.3. The molecule has 0 spiro atoms. The third kappa shape index (κ3) is 4.05. The van der Waals surface area contributed by atoms with Crippen molar-refractivity contribution in [3.05, 3.63) is 60.2 Å². The average molecular weight is 354 g/mol. The van der Waals surface area contributed by atoms with Crippen molar-refractivity contribution >= 4 is 22.6 Å². The van der Waals surface area contributed by atoms with Gasteiger partial charge in [0, 0.05) is 26.0 Å². The molecule has 6 nitrogen and oxygen atoms in total. The minimum Gasteiger partial charge on any atom is -0.484 e. The number of amides is 1. The molecule has 0 aliphatic rings. The molecule has 3 aromatic rings. The molecule has 0 bridgehead atoms. The van der Waals surface area contributed by atoms with E-state index in [1.165, 1.54) is 17.3 Å². The van der Waals surface area contributed by atoms with Gasteiger partial charge in [-0.2, -0.15) is 0 Å². The molecule has 0 aliphatic carbocycles. The zero-order valence-corrected chi connectivity index (χ0v) is 14.6. The number of nitrogens with one attached hydrogen (secondary N) is 1. The molecule has 0 atom stereocenters. The number of ether oxygens (including phenoxy) is 1. The normalized spacial score (nSPS) is 10.6. The van der Waals surface area contributed by atoms with Crippen molar-refractivity contribution in [1.82, 2.24) is 14.9 Å². The lowest BCUT2D eigenvalue weighted by atomic mass is 10.2. The van der Waals surface area contributed by atoms with Crippen LogP contribution in [0.5, 0.6) is 5.75 Å². The maximum atomic E-state index is 13.8.